The number of hydrogen-bond donors (Lipinski definition) is 1. The molecule has 0 amide bonds. The van der Waals surface area contributed by atoms with E-state index in [1.54, 1.807) is 0 Å². The molecule has 1 aliphatic rings. The van der Waals surface area contributed by atoms with E-state index in [2.05, 4.69) is 30.9 Å². The Morgan fingerprint density at radius 2 is 2.00 bits per heavy atom. The molecule has 2 rings (SSSR count). The highest BCUT2D eigenvalue weighted by atomic mass is 16.3. The molecule has 3 nitrogen and oxygen atoms in total. The standard InChI is InChI=1S/C15H20N2O/c1-14(2)11-15(18,12-16)8-9-17(14)10-13-6-4-3-5-7-13/h3-7,18H,8-11H2,1-2H3. The molecular formula is C15H20N2O. The van der Waals surface area contributed by atoms with Crippen LogP contribution in [0.2, 0.25) is 0 Å². The monoisotopic (exact) mass is 244 g/mol. The van der Waals surface area contributed by atoms with Crippen molar-refractivity contribution in [2.75, 3.05) is 6.54 Å². The molecular weight excluding hydrogens is 224 g/mol. The van der Waals surface area contributed by atoms with Gasteiger partial charge in [0.2, 0.25) is 0 Å². The summed E-state index contributed by atoms with van der Waals surface area (Å²) in [7, 11) is 0. The predicted octanol–water partition coefficient (Wildman–Crippen LogP) is 2.32. The zero-order valence-electron chi connectivity index (χ0n) is 11.1. The maximum Gasteiger partial charge on any atom is 0.154 e. The third-order valence-corrected chi connectivity index (χ3v) is 3.80. The van der Waals surface area contributed by atoms with Crippen LogP contribution in [0.5, 0.6) is 0 Å². The molecule has 0 aromatic heterocycles. The van der Waals surface area contributed by atoms with Gasteiger partial charge in [-0.1, -0.05) is 30.3 Å². The maximum atomic E-state index is 10.1. The quantitative estimate of drug-likeness (QED) is 0.812. The summed E-state index contributed by atoms with van der Waals surface area (Å²) in [6.45, 7) is 5.82. The van der Waals surface area contributed by atoms with E-state index in [-0.39, 0.29) is 5.54 Å². The van der Waals surface area contributed by atoms with Gasteiger partial charge in [0, 0.05) is 31.5 Å². The molecule has 0 aliphatic carbocycles. The summed E-state index contributed by atoms with van der Waals surface area (Å²) < 4.78 is 0. The van der Waals surface area contributed by atoms with Crippen LogP contribution < -0.4 is 0 Å². The molecule has 96 valence electrons. The van der Waals surface area contributed by atoms with Gasteiger partial charge in [-0.2, -0.15) is 5.26 Å². The minimum Gasteiger partial charge on any atom is -0.375 e. The molecule has 1 saturated heterocycles. The van der Waals surface area contributed by atoms with E-state index in [0.717, 1.165) is 13.1 Å². The van der Waals surface area contributed by atoms with E-state index < -0.39 is 5.60 Å². The molecule has 3 heteroatoms. The lowest BCUT2D eigenvalue weighted by Crippen LogP contribution is -2.55. The molecule has 0 radical (unpaired) electrons. The molecule has 1 aromatic rings. The van der Waals surface area contributed by atoms with Crippen LogP contribution in [0.15, 0.2) is 30.3 Å². The molecule has 18 heavy (non-hydrogen) atoms. The van der Waals surface area contributed by atoms with Gasteiger partial charge in [-0.05, 0) is 19.4 Å². The van der Waals surface area contributed by atoms with Gasteiger partial charge in [-0.15, -0.1) is 0 Å². The Kier molecular flexibility index (Phi) is 3.43. The van der Waals surface area contributed by atoms with Crippen molar-refractivity contribution in [1.29, 1.82) is 5.26 Å². The van der Waals surface area contributed by atoms with E-state index >= 15 is 0 Å². The number of aliphatic hydroxyl groups is 1. The number of benzene rings is 1. The van der Waals surface area contributed by atoms with Gasteiger partial charge < -0.3 is 5.11 Å². The van der Waals surface area contributed by atoms with Gasteiger partial charge in [-0.25, -0.2) is 0 Å². The molecule has 0 spiro atoms. The van der Waals surface area contributed by atoms with Crippen molar-refractivity contribution in [3.8, 4) is 6.07 Å². The van der Waals surface area contributed by atoms with Crippen molar-refractivity contribution in [3.63, 3.8) is 0 Å². The van der Waals surface area contributed by atoms with E-state index in [1.165, 1.54) is 5.56 Å². The average Bonchev–Trinajstić information content (AvgIpc) is 2.34. The summed E-state index contributed by atoms with van der Waals surface area (Å²) in [4.78, 5) is 2.34. The highest BCUT2D eigenvalue weighted by Crippen LogP contribution is 2.34. The van der Waals surface area contributed by atoms with Crippen molar-refractivity contribution in [2.24, 2.45) is 0 Å². The van der Waals surface area contributed by atoms with Crippen LogP contribution in [0, 0.1) is 11.3 Å². The van der Waals surface area contributed by atoms with Crippen LogP contribution in [-0.2, 0) is 6.54 Å². The van der Waals surface area contributed by atoms with Gasteiger partial charge >= 0.3 is 0 Å². The Labute approximate surface area is 109 Å². The topological polar surface area (TPSA) is 47.3 Å². The summed E-state index contributed by atoms with van der Waals surface area (Å²) in [6, 6.07) is 12.4. The number of rotatable bonds is 2. The van der Waals surface area contributed by atoms with Crippen molar-refractivity contribution >= 4 is 0 Å². The van der Waals surface area contributed by atoms with Gasteiger partial charge in [0.1, 0.15) is 0 Å². The second-order valence-electron chi connectivity index (χ2n) is 5.79. The smallest absolute Gasteiger partial charge is 0.154 e. The lowest BCUT2D eigenvalue weighted by molar-refractivity contribution is -0.0458. The van der Waals surface area contributed by atoms with Gasteiger partial charge in [-0.3, -0.25) is 4.90 Å². The van der Waals surface area contributed by atoms with E-state index in [1.807, 2.05) is 24.3 Å². The SMILES string of the molecule is CC1(C)CC(O)(C#N)CCN1Cc1ccccc1. The third-order valence-electron chi connectivity index (χ3n) is 3.80. The molecule has 1 N–H and O–H groups in total. The summed E-state index contributed by atoms with van der Waals surface area (Å²) in [6.07, 6.45) is 1.03. The first-order valence-electron chi connectivity index (χ1n) is 6.38. The number of piperidine rings is 1. The van der Waals surface area contributed by atoms with Crippen LogP contribution in [0.25, 0.3) is 0 Å². The zero-order valence-corrected chi connectivity index (χ0v) is 11.1. The molecule has 1 aliphatic heterocycles. The fourth-order valence-electron chi connectivity index (χ4n) is 2.73. The van der Waals surface area contributed by atoms with Crippen molar-refractivity contribution in [1.82, 2.24) is 4.90 Å². The average molecular weight is 244 g/mol. The lowest BCUT2D eigenvalue weighted by Gasteiger charge is -2.47. The Balaban J connectivity index is 2.10. The summed E-state index contributed by atoms with van der Waals surface area (Å²) in [5, 5.41) is 19.2. The zero-order chi connectivity index (χ0) is 13.2. The summed E-state index contributed by atoms with van der Waals surface area (Å²) in [5.41, 5.74) is -0.0390. The molecule has 1 fully saturated rings. The molecule has 0 bridgehead atoms. The Morgan fingerprint density at radius 1 is 1.33 bits per heavy atom. The van der Waals surface area contributed by atoms with Crippen LogP contribution >= 0.6 is 0 Å². The molecule has 1 atom stereocenters. The molecule has 1 unspecified atom stereocenters. The van der Waals surface area contributed by atoms with Crippen LogP contribution in [0.3, 0.4) is 0 Å². The minimum atomic E-state index is -1.16. The second kappa shape index (κ2) is 4.72. The molecule has 1 heterocycles. The predicted molar refractivity (Wildman–Crippen MR) is 70.7 cm³/mol. The van der Waals surface area contributed by atoms with Crippen LogP contribution in [0.4, 0.5) is 0 Å². The normalized spacial score (nSPS) is 27.7. The highest BCUT2D eigenvalue weighted by Gasteiger charge is 2.42. The van der Waals surface area contributed by atoms with E-state index in [0.29, 0.717) is 12.8 Å². The van der Waals surface area contributed by atoms with Crippen LogP contribution in [-0.4, -0.2) is 27.7 Å². The van der Waals surface area contributed by atoms with Gasteiger partial charge in [0.15, 0.2) is 5.60 Å². The van der Waals surface area contributed by atoms with Crippen molar-refractivity contribution < 1.29 is 5.11 Å². The number of likely N-dealkylation sites (tertiary alicyclic amines) is 1. The molecule has 0 saturated carbocycles. The van der Waals surface area contributed by atoms with Gasteiger partial charge in [0.25, 0.3) is 0 Å². The fraction of sp³-hybridized carbons (Fsp3) is 0.533. The first-order valence-corrected chi connectivity index (χ1v) is 6.38. The van der Waals surface area contributed by atoms with E-state index in [4.69, 9.17) is 5.26 Å². The number of hydrogen-bond acceptors (Lipinski definition) is 3. The molecule has 1 aromatic carbocycles. The Hall–Kier alpha value is -1.37. The fourth-order valence-corrected chi connectivity index (χ4v) is 2.73. The summed E-state index contributed by atoms with van der Waals surface area (Å²) >= 11 is 0. The number of nitrogens with zero attached hydrogens (tertiary/aromatic N) is 2. The Morgan fingerprint density at radius 3 is 2.56 bits per heavy atom. The minimum absolute atomic E-state index is 0.154. The highest BCUT2D eigenvalue weighted by molar-refractivity contribution is 5.16. The number of nitriles is 1. The second-order valence-corrected chi connectivity index (χ2v) is 5.79. The third kappa shape index (κ3) is 2.72. The lowest BCUT2D eigenvalue weighted by atomic mass is 9.80. The first-order chi connectivity index (χ1) is 8.45. The Bertz CT molecular complexity index is 449. The summed E-state index contributed by atoms with van der Waals surface area (Å²) in [5.74, 6) is 0. The van der Waals surface area contributed by atoms with Gasteiger partial charge in [0.05, 0.1) is 6.07 Å². The largest absolute Gasteiger partial charge is 0.375 e. The van der Waals surface area contributed by atoms with E-state index in [9.17, 15) is 5.11 Å². The van der Waals surface area contributed by atoms with Crippen LogP contribution in [0.1, 0.15) is 32.3 Å². The first kappa shape index (κ1) is 13.1. The van der Waals surface area contributed by atoms with Crippen molar-refractivity contribution in [3.05, 3.63) is 35.9 Å². The van der Waals surface area contributed by atoms with Crippen molar-refractivity contribution in [2.45, 2.75) is 44.4 Å². The maximum absolute atomic E-state index is 10.1.